The molecule has 3 rings (SSSR count). The Morgan fingerprint density at radius 3 is 2.11 bits per heavy atom. The number of pyridine rings is 1. The van der Waals surface area contributed by atoms with Crippen molar-refractivity contribution in [1.29, 1.82) is 0 Å². The zero-order valence-corrected chi connectivity index (χ0v) is 16.4. The molecule has 0 N–H and O–H groups in total. The van der Waals surface area contributed by atoms with Crippen molar-refractivity contribution in [3.8, 4) is 0 Å². The van der Waals surface area contributed by atoms with Gasteiger partial charge in [0.15, 0.2) is 12.4 Å². The Labute approximate surface area is 165 Å². The smallest absolute Gasteiger partial charge is 0.293 e. The first-order valence-electron chi connectivity index (χ1n) is 9.12. The van der Waals surface area contributed by atoms with Gasteiger partial charge in [-0.25, -0.2) is 0 Å². The summed E-state index contributed by atoms with van der Waals surface area (Å²) >= 11 is 5.94. The number of benzene rings is 2. The molecule has 4 heteroatoms. The van der Waals surface area contributed by atoms with Gasteiger partial charge in [0.1, 0.15) is 0 Å². The van der Waals surface area contributed by atoms with Crippen molar-refractivity contribution in [3.63, 3.8) is 0 Å². The van der Waals surface area contributed by atoms with E-state index in [0.717, 1.165) is 17.1 Å². The number of halogens is 1. The molecule has 0 saturated heterocycles. The Morgan fingerprint density at radius 2 is 1.52 bits per heavy atom. The van der Waals surface area contributed by atoms with E-state index in [9.17, 15) is 4.79 Å². The van der Waals surface area contributed by atoms with Crippen molar-refractivity contribution in [2.45, 2.75) is 32.9 Å². The largest absolute Gasteiger partial charge is 0.304 e. The van der Waals surface area contributed by atoms with E-state index in [1.807, 2.05) is 90.3 Å². The van der Waals surface area contributed by atoms with Crippen LogP contribution in [0, 0.1) is 0 Å². The molecule has 27 heavy (non-hydrogen) atoms. The van der Waals surface area contributed by atoms with E-state index in [1.165, 1.54) is 11.1 Å². The van der Waals surface area contributed by atoms with E-state index in [1.54, 1.807) is 0 Å². The van der Waals surface area contributed by atoms with E-state index in [0.29, 0.717) is 6.54 Å². The molecule has 0 fully saturated rings. The highest BCUT2D eigenvalue weighted by Gasteiger charge is 2.22. The number of rotatable bonds is 6. The van der Waals surface area contributed by atoms with Crippen LogP contribution >= 0.6 is 11.6 Å². The highest BCUT2D eigenvalue weighted by atomic mass is 35.5. The molecule has 0 unspecified atom stereocenters. The van der Waals surface area contributed by atoms with E-state index in [-0.39, 0.29) is 11.9 Å². The number of anilines is 1. The fourth-order valence-corrected chi connectivity index (χ4v) is 3.23. The van der Waals surface area contributed by atoms with Crippen LogP contribution in [0.4, 0.5) is 5.69 Å². The van der Waals surface area contributed by atoms with Crippen molar-refractivity contribution in [2.24, 2.45) is 0 Å². The summed E-state index contributed by atoms with van der Waals surface area (Å²) in [6.45, 7) is 4.38. The Kier molecular flexibility index (Phi) is 6.25. The lowest BCUT2D eigenvalue weighted by atomic mass is 10.1. The molecule has 0 saturated carbocycles. The van der Waals surface area contributed by atoms with Crippen LogP contribution in [-0.2, 0) is 17.8 Å². The molecule has 1 heterocycles. The van der Waals surface area contributed by atoms with Gasteiger partial charge >= 0.3 is 0 Å². The molecule has 3 nitrogen and oxygen atoms in total. The van der Waals surface area contributed by atoms with Crippen molar-refractivity contribution in [1.82, 2.24) is 0 Å². The summed E-state index contributed by atoms with van der Waals surface area (Å²) in [6.07, 6.45) is 4.77. The first-order valence-corrected chi connectivity index (χ1v) is 9.50. The monoisotopic (exact) mass is 379 g/mol. The molecule has 0 radical (unpaired) electrons. The van der Waals surface area contributed by atoms with E-state index < -0.39 is 0 Å². The molecule has 2 aromatic carbocycles. The number of carbonyl (C=O) groups is 1. The Bertz CT molecular complexity index is 875. The number of amides is 1. The second kappa shape index (κ2) is 8.83. The van der Waals surface area contributed by atoms with Gasteiger partial charge < -0.3 is 4.90 Å². The SMILES string of the molecule is CC(C)N(C(=O)C[n+]1ccc(Cc2ccc(Cl)cc2)cc1)c1ccccc1. The van der Waals surface area contributed by atoms with Crippen molar-refractivity contribution in [3.05, 3.63) is 95.3 Å². The maximum absolute atomic E-state index is 12.9. The maximum Gasteiger partial charge on any atom is 0.293 e. The minimum Gasteiger partial charge on any atom is -0.304 e. The first kappa shape index (κ1) is 19.1. The minimum atomic E-state index is 0.0756. The molecule has 138 valence electrons. The maximum atomic E-state index is 12.9. The van der Waals surface area contributed by atoms with Crippen LogP contribution in [0.3, 0.4) is 0 Å². The second-order valence-electron chi connectivity index (χ2n) is 6.88. The standard InChI is InChI=1S/C23H24ClN2O/c1-18(2)26(22-6-4-3-5-7-22)23(27)17-25-14-12-20(13-15-25)16-19-8-10-21(24)11-9-19/h3-15,18H,16-17H2,1-2H3/q+1. The van der Waals surface area contributed by atoms with Crippen molar-refractivity contribution in [2.75, 3.05) is 4.90 Å². The number of nitrogens with zero attached hydrogens (tertiary/aromatic N) is 2. The number of para-hydroxylation sites is 1. The summed E-state index contributed by atoms with van der Waals surface area (Å²) in [5.41, 5.74) is 3.34. The lowest BCUT2D eigenvalue weighted by molar-refractivity contribution is -0.684. The third-order valence-electron chi connectivity index (χ3n) is 4.42. The molecule has 0 aliphatic carbocycles. The van der Waals surface area contributed by atoms with Gasteiger partial charge in [0, 0.05) is 28.9 Å². The van der Waals surface area contributed by atoms with E-state index >= 15 is 0 Å². The van der Waals surface area contributed by atoms with Gasteiger partial charge in [0.2, 0.25) is 6.54 Å². The summed E-state index contributed by atoms with van der Waals surface area (Å²) in [5, 5.41) is 0.747. The summed E-state index contributed by atoms with van der Waals surface area (Å²) in [5.74, 6) is 0.0756. The lowest BCUT2D eigenvalue weighted by Gasteiger charge is -2.25. The molecule has 1 amide bonds. The van der Waals surface area contributed by atoms with Crippen LogP contribution in [-0.4, -0.2) is 11.9 Å². The zero-order chi connectivity index (χ0) is 19.2. The molecule has 0 spiro atoms. The third kappa shape index (κ3) is 5.18. The quantitative estimate of drug-likeness (QED) is 0.571. The number of hydrogen-bond donors (Lipinski definition) is 0. The summed E-state index contributed by atoms with van der Waals surface area (Å²) in [4.78, 5) is 14.7. The topological polar surface area (TPSA) is 24.2 Å². The van der Waals surface area contributed by atoms with Gasteiger partial charge in [-0.05, 0) is 55.7 Å². The van der Waals surface area contributed by atoms with Gasteiger partial charge in [-0.1, -0.05) is 41.9 Å². The number of aromatic nitrogens is 1. The van der Waals surface area contributed by atoms with Crippen molar-refractivity contribution >= 4 is 23.2 Å². The van der Waals surface area contributed by atoms with E-state index in [2.05, 4.69) is 12.1 Å². The predicted molar refractivity (Wildman–Crippen MR) is 110 cm³/mol. The summed E-state index contributed by atoms with van der Waals surface area (Å²) < 4.78 is 1.92. The van der Waals surface area contributed by atoms with Crippen LogP contribution in [0.25, 0.3) is 0 Å². The van der Waals surface area contributed by atoms with Crippen LogP contribution in [0.1, 0.15) is 25.0 Å². The Hall–Kier alpha value is -2.65. The van der Waals surface area contributed by atoms with Crippen molar-refractivity contribution < 1.29 is 9.36 Å². The highest BCUT2D eigenvalue weighted by Crippen LogP contribution is 2.17. The van der Waals surface area contributed by atoms with Gasteiger partial charge in [0.05, 0.1) is 0 Å². The molecule has 0 aliphatic heterocycles. The summed E-state index contributed by atoms with van der Waals surface area (Å²) in [7, 11) is 0. The molecule has 0 bridgehead atoms. The Morgan fingerprint density at radius 1 is 0.926 bits per heavy atom. The van der Waals surface area contributed by atoms with Crippen LogP contribution in [0.15, 0.2) is 79.1 Å². The summed E-state index contributed by atoms with van der Waals surface area (Å²) in [6, 6.07) is 21.9. The van der Waals surface area contributed by atoms with Gasteiger partial charge in [0.25, 0.3) is 5.91 Å². The van der Waals surface area contributed by atoms with Gasteiger partial charge in [-0.2, -0.15) is 4.57 Å². The molecular formula is C23H24ClN2O+. The average molecular weight is 380 g/mol. The zero-order valence-electron chi connectivity index (χ0n) is 15.7. The molecule has 1 aromatic heterocycles. The van der Waals surface area contributed by atoms with Gasteiger partial charge in [-0.15, -0.1) is 0 Å². The van der Waals surface area contributed by atoms with Gasteiger partial charge in [-0.3, -0.25) is 4.79 Å². The molecule has 0 atom stereocenters. The third-order valence-corrected chi connectivity index (χ3v) is 4.67. The van der Waals surface area contributed by atoms with Crippen LogP contribution in [0.5, 0.6) is 0 Å². The predicted octanol–water partition coefficient (Wildman–Crippen LogP) is 4.66. The van der Waals surface area contributed by atoms with Crippen LogP contribution < -0.4 is 9.47 Å². The Balaban J connectivity index is 1.68. The van der Waals surface area contributed by atoms with Crippen LogP contribution in [0.2, 0.25) is 5.02 Å². The number of carbonyl (C=O) groups excluding carboxylic acids is 1. The molecule has 0 aliphatic rings. The lowest BCUT2D eigenvalue weighted by Crippen LogP contribution is -2.47. The average Bonchev–Trinajstić information content (AvgIpc) is 2.66. The normalized spacial score (nSPS) is 10.8. The minimum absolute atomic E-state index is 0.0756. The fraction of sp³-hybridized carbons (Fsp3) is 0.217. The second-order valence-corrected chi connectivity index (χ2v) is 7.31. The highest BCUT2D eigenvalue weighted by molar-refractivity contribution is 6.30. The van der Waals surface area contributed by atoms with E-state index in [4.69, 9.17) is 11.6 Å². The molecular weight excluding hydrogens is 356 g/mol. The first-order chi connectivity index (χ1) is 13.0. The molecule has 3 aromatic rings. The number of hydrogen-bond acceptors (Lipinski definition) is 1. The fourth-order valence-electron chi connectivity index (χ4n) is 3.10.